The van der Waals surface area contributed by atoms with Gasteiger partial charge in [0.1, 0.15) is 0 Å². The Morgan fingerprint density at radius 2 is 1.65 bits per heavy atom. The molecule has 2 aromatic carbocycles. The molecule has 2 rings (SSSR count). The van der Waals surface area contributed by atoms with Crippen LogP contribution in [0.1, 0.15) is 37.4 Å². The molecular weight excluding hydrogens is 244 g/mol. The molecule has 3 N–H and O–H groups in total. The van der Waals surface area contributed by atoms with Crippen molar-refractivity contribution < 1.29 is 0 Å². The quantitative estimate of drug-likeness (QED) is 0.817. The van der Waals surface area contributed by atoms with E-state index in [1.165, 1.54) is 11.1 Å². The van der Waals surface area contributed by atoms with E-state index in [4.69, 9.17) is 5.73 Å². The van der Waals surface area contributed by atoms with E-state index in [1.54, 1.807) is 0 Å². The highest BCUT2D eigenvalue weighted by atomic mass is 14.9. The number of anilines is 1. The van der Waals surface area contributed by atoms with Crippen molar-refractivity contribution in [1.29, 1.82) is 0 Å². The Hall–Kier alpha value is -1.80. The zero-order chi connectivity index (χ0) is 14.4. The number of hydrogen-bond acceptors (Lipinski definition) is 2. The van der Waals surface area contributed by atoms with Gasteiger partial charge in [-0.1, -0.05) is 62.7 Å². The summed E-state index contributed by atoms with van der Waals surface area (Å²) in [6, 6.07) is 19.0. The number of rotatable bonds is 6. The van der Waals surface area contributed by atoms with Gasteiger partial charge in [-0.25, -0.2) is 0 Å². The fourth-order valence-corrected chi connectivity index (χ4v) is 2.21. The second kappa shape index (κ2) is 7.11. The Bertz CT molecular complexity index is 505. The van der Waals surface area contributed by atoms with Crippen molar-refractivity contribution in [2.45, 2.75) is 32.9 Å². The number of nitrogens with two attached hydrogens (primary N) is 1. The van der Waals surface area contributed by atoms with E-state index in [2.05, 4.69) is 67.7 Å². The Labute approximate surface area is 122 Å². The summed E-state index contributed by atoms with van der Waals surface area (Å²) in [5.41, 5.74) is 9.87. The molecule has 0 radical (unpaired) electrons. The van der Waals surface area contributed by atoms with Crippen molar-refractivity contribution in [3.63, 3.8) is 0 Å². The van der Waals surface area contributed by atoms with Gasteiger partial charge in [-0.15, -0.1) is 0 Å². The maximum Gasteiger partial charge on any atom is 0.0400 e. The zero-order valence-electron chi connectivity index (χ0n) is 12.3. The largest absolute Gasteiger partial charge is 0.381 e. The van der Waals surface area contributed by atoms with Crippen LogP contribution in [0.5, 0.6) is 0 Å². The molecule has 0 saturated heterocycles. The van der Waals surface area contributed by atoms with Gasteiger partial charge in [0.15, 0.2) is 0 Å². The van der Waals surface area contributed by atoms with Crippen molar-refractivity contribution in [3.8, 4) is 0 Å². The van der Waals surface area contributed by atoms with Crippen LogP contribution >= 0.6 is 0 Å². The van der Waals surface area contributed by atoms with Crippen molar-refractivity contribution in [1.82, 2.24) is 0 Å². The van der Waals surface area contributed by atoms with Crippen LogP contribution in [0.15, 0.2) is 54.6 Å². The first kappa shape index (κ1) is 14.6. The van der Waals surface area contributed by atoms with E-state index in [1.807, 2.05) is 6.07 Å². The maximum absolute atomic E-state index is 6.24. The molecule has 0 aromatic heterocycles. The fraction of sp³-hybridized carbons (Fsp3) is 0.333. The van der Waals surface area contributed by atoms with Crippen LogP contribution in [-0.4, -0.2) is 0 Å². The normalized spacial score (nSPS) is 13.8. The lowest BCUT2D eigenvalue weighted by Gasteiger charge is -2.19. The van der Waals surface area contributed by atoms with Crippen LogP contribution in [0.2, 0.25) is 0 Å². The molecule has 0 aliphatic carbocycles. The minimum absolute atomic E-state index is 0.128. The summed E-state index contributed by atoms with van der Waals surface area (Å²) in [5, 5.41) is 3.43. The standard InChI is InChI=1S/C18H24N2/c1-3-14(2)18(19)16-9-11-17(12-10-16)20-13-15-7-5-4-6-8-15/h4-12,14,18,20H,3,13,19H2,1-2H3/t14?,18-/m1/s1. The molecular formula is C18H24N2. The summed E-state index contributed by atoms with van der Waals surface area (Å²) in [7, 11) is 0. The third kappa shape index (κ3) is 3.84. The SMILES string of the molecule is CCC(C)[C@@H](N)c1ccc(NCc2ccccc2)cc1. The average molecular weight is 268 g/mol. The summed E-state index contributed by atoms with van der Waals surface area (Å²) in [6.45, 7) is 5.23. The summed E-state index contributed by atoms with van der Waals surface area (Å²) in [5.74, 6) is 0.512. The molecule has 0 bridgehead atoms. The Balaban J connectivity index is 1.95. The zero-order valence-corrected chi connectivity index (χ0v) is 12.3. The predicted molar refractivity (Wildman–Crippen MR) is 86.6 cm³/mol. The molecule has 0 saturated carbocycles. The van der Waals surface area contributed by atoms with Gasteiger partial charge in [0, 0.05) is 18.3 Å². The van der Waals surface area contributed by atoms with Gasteiger partial charge in [-0.05, 0) is 29.2 Å². The van der Waals surface area contributed by atoms with Crippen molar-refractivity contribution in [2.75, 3.05) is 5.32 Å². The predicted octanol–water partition coefficient (Wildman–Crippen LogP) is 4.34. The van der Waals surface area contributed by atoms with Crippen molar-refractivity contribution in [2.24, 2.45) is 11.7 Å². The smallest absolute Gasteiger partial charge is 0.0400 e. The summed E-state index contributed by atoms with van der Waals surface area (Å²) in [6.07, 6.45) is 1.11. The first-order valence-electron chi connectivity index (χ1n) is 7.34. The molecule has 0 aliphatic heterocycles. The molecule has 2 aromatic rings. The molecule has 0 fully saturated rings. The lowest BCUT2D eigenvalue weighted by Crippen LogP contribution is -2.18. The Morgan fingerprint density at radius 1 is 1.00 bits per heavy atom. The highest BCUT2D eigenvalue weighted by Gasteiger charge is 2.12. The van der Waals surface area contributed by atoms with Gasteiger partial charge in [-0.3, -0.25) is 0 Å². The van der Waals surface area contributed by atoms with E-state index < -0.39 is 0 Å². The topological polar surface area (TPSA) is 38.0 Å². The number of hydrogen-bond donors (Lipinski definition) is 2. The number of nitrogens with one attached hydrogen (secondary N) is 1. The van der Waals surface area contributed by atoms with Crippen molar-refractivity contribution >= 4 is 5.69 Å². The van der Waals surface area contributed by atoms with Gasteiger partial charge in [0.2, 0.25) is 0 Å². The van der Waals surface area contributed by atoms with Gasteiger partial charge in [-0.2, -0.15) is 0 Å². The van der Waals surface area contributed by atoms with E-state index >= 15 is 0 Å². The Morgan fingerprint density at radius 3 is 2.25 bits per heavy atom. The van der Waals surface area contributed by atoms with E-state index in [9.17, 15) is 0 Å². The summed E-state index contributed by atoms with van der Waals surface area (Å²) >= 11 is 0. The molecule has 20 heavy (non-hydrogen) atoms. The molecule has 1 unspecified atom stereocenters. The second-order valence-corrected chi connectivity index (χ2v) is 5.37. The van der Waals surface area contributed by atoms with Gasteiger partial charge < -0.3 is 11.1 Å². The van der Waals surface area contributed by atoms with E-state index in [-0.39, 0.29) is 6.04 Å². The van der Waals surface area contributed by atoms with Crippen molar-refractivity contribution in [3.05, 3.63) is 65.7 Å². The molecule has 0 aliphatic rings. The monoisotopic (exact) mass is 268 g/mol. The van der Waals surface area contributed by atoms with Crippen LogP contribution in [0.25, 0.3) is 0 Å². The minimum Gasteiger partial charge on any atom is -0.381 e. The third-order valence-electron chi connectivity index (χ3n) is 3.89. The molecule has 2 atom stereocenters. The molecule has 2 heteroatoms. The van der Waals surface area contributed by atoms with Gasteiger partial charge in [0.05, 0.1) is 0 Å². The van der Waals surface area contributed by atoms with Crippen LogP contribution in [0.4, 0.5) is 5.69 Å². The summed E-state index contributed by atoms with van der Waals surface area (Å²) < 4.78 is 0. The van der Waals surface area contributed by atoms with E-state index in [0.717, 1.165) is 18.7 Å². The first-order valence-corrected chi connectivity index (χ1v) is 7.34. The molecule has 106 valence electrons. The minimum atomic E-state index is 0.128. The van der Waals surface area contributed by atoms with Gasteiger partial charge >= 0.3 is 0 Å². The molecule has 2 nitrogen and oxygen atoms in total. The third-order valence-corrected chi connectivity index (χ3v) is 3.89. The van der Waals surface area contributed by atoms with Crippen LogP contribution in [0.3, 0.4) is 0 Å². The highest BCUT2D eigenvalue weighted by Crippen LogP contribution is 2.23. The number of benzene rings is 2. The summed E-state index contributed by atoms with van der Waals surface area (Å²) in [4.78, 5) is 0. The lowest BCUT2D eigenvalue weighted by molar-refractivity contribution is 0.457. The Kier molecular flexibility index (Phi) is 5.19. The molecule has 0 spiro atoms. The van der Waals surface area contributed by atoms with Crippen LogP contribution in [-0.2, 0) is 6.54 Å². The van der Waals surface area contributed by atoms with E-state index in [0.29, 0.717) is 5.92 Å². The fourth-order valence-electron chi connectivity index (χ4n) is 2.21. The van der Waals surface area contributed by atoms with Crippen LogP contribution in [0, 0.1) is 5.92 Å². The lowest BCUT2D eigenvalue weighted by atomic mass is 9.93. The highest BCUT2D eigenvalue weighted by molar-refractivity contribution is 5.45. The first-order chi connectivity index (χ1) is 9.70. The maximum atomic E-state index is 6.24. The second-order valence-electron chi connectivity index (χ2n) is 5.37. The van der Waals surface area contributed by atoms with Crippen LogP contribution < -0.4 is 11.1 Å². The van der Waals surface area contributed by atoms with Gasteiger partial charge in [0.25, 0.3) is 0 Å². The molecule has 0 amide bonds. The average Bonchev–Trinajstić information content (AvgIpc) is 2.53. The molecule has 0 heterocycles.